The number of hydrogen-bond acceptors (Lipinski definition) is 6. The number of aromatic amines is 1. The van der Waals surface area contributed by atoms with E-state index in [1.807, 2.05) is 17.2 Å². The van der Waals surface area contributed by atoms with Crippen molar-refractivity contribution in [3.05, 3.63) is 29.6 Å². The summed E-state index contributed by atoms with van der Waals surface area (Å²) in [5.41, 5.74) is 2.09. The molecule has 1 aromatic heterocycles. The Balaban J connectivity index is 2.01. The second-order valence-electron chi connectivity index (χ2n) is 8.80. The molecule has 1 saturated heterocycles. The van der Waals surface area contributed by atoms with Crippen molar-refractivity contribution < 1.29 is 27.8 Å². The summed E-state index contributed by atoms with van der Waals surface area (Å²) < 4.78 is 44.5. The minimum Gasteiger partial charge on any atom is -0.481 e. The van der Waals surface area contributed by atoms with E-state index in [2.05, 4.69) is 34.1 Å². The number of carboxylic acids is 1. The van der Waals surface area contributed by atoms with Crippen molar-refractivity contribution in [2.24, 2.45) is 5.92 Å². The van der Waals surface area contributed by atoms with Gasteiger partial charge in [0.1, 0.15) is 0 Å². The fourth-order valence-corrected chi connectivity index (χ4v) is 3.99. The lowest BCUT2D eigenvalue weighted by Crippen LogP contribution is -2.42. The largest absolute Gasteiger partial charge is 0.481 e. The molecule has 0 amide bonds. The fourth-order valence-electron chi connectivity index (χ4n) is 3.99. The normalized spacial score (nSPS) is 16.1. The zero-order valence-corrected chi connectivity index (χ0v) is 18.9. The molecule has 182 valence electrons. The van der Waals surface area contributed by atoms with Crippen LogP contribution in [0.2, 0.25) is 0 Å². The molecule has 1 atom stereocenters. The molecule has 3 rings (SSSR count). The molecular formula is C22H30F3N5O3. The first-order valence-electron chi connectivity index (χ1n) is 11.0. The highest BCUT2D eigenvalue weighted by molar-refractivity contribution is 5.75. The molecule has 0 radical (unpaired) electrons. The van der Waals surface area contributed by atoms with Gasteiger partial charge in [-0.2, -0.15) is 18.2 Å². The smallest absolute Gasteiger partial charge is 0.451 e. The van der Waals surface area contributed by atoms with Crippen LogP contribution in [-0.2, 0) is 15.7 Å². The number of halogens is 3. The average Bonchev–Trinajstić information content (AvgIpc) is 3.21. The zero-order chi connectivity index (χ0) is 24.2. The first kappa shape index (κ1) is 24.8. The van der Waals surface area contributed by atoms with Crippen LogP contribution in [0.25, 0.3) is 0 Å². The van der Waals surface area contributed by atoms with Crippen LogP contribution in [0.5, 0.6) is 0 Å². The molecule has 1 aliphatic rings. The summed E-state index contributed by atoms with van der Waals surface area (Å²) in [6, 6.07) is 5.76. The summed E-state index contributed by atoms with van der Waals surface area (Å²) in [7, 11) is 0. The topological polar surface area (TPSA) is 103 Å². The third kappa shape index (κ3) is 6.59. The number of alkyl halides is 3. The van der Waals surface area contributed by atoms with Crippen LogP contribution in [0.15, 0.2) is 18.2 Å². The number of hydrogen-bond donors (Lipinski definition) is 3. The first-order chi connectivity index (χ1) is 15.5. The van der Waals surface area contributed by atoms with Crippen molar-refractivity contribution in [1.82, 2.24) is 15.2 Å². The Hall–Kier alpha value is -2.82. The number of benzene rings is 1. The average molecular weight is 470 g/mol. The number of anilines is 3. The van der Waals surface area contributed by atoms with Crippen molar-refractivity contribution in [3.8, 4) is 0 Å². The third-order valence-electron chi connectivity index (χ3n) is 5.57. The molecule has 0 saturated carbocycles. The van der Waals surface area contributed by atoms with Gasteiger partial charge in [0.15, 0.2) is 0 Å². The van der Waals surface area contributed by atoms with E-state index in [1.54, 1.807) is 13.0 Å². The van der Waals surface area contributed by atoms with Gasteiger partial charge in [-0.05, 0) is 42.4 Å². The Labute approximate surface area is 190 Å². The second kappa shape index (κ2) is 10.4. The molecule has 33 heavy (non-hydrogen) atoms. The Morgan fingerprint density at radius 3 is 2.58 bits per heavy atom. The number of ether oxygens (including phenoxy) is 1. The Kier molecular flexibility index (Phi) is 7.83. The third-order valence-corrected chi connectivity index (χ3v) is 5.57. The number of aromatic nitrogens is 3. The fraction of sp³-hybridized carbons (Fsp3) is 0.591. The summed E-state index contributed by atoms with van der Waals surface area (Å²) >= 11 is 0. The molecule has 11 heteroatoms. The van der Waals surface area contributed by atoms with E-state index in [4.69, 9.17) is 4.74 Å². The Bertz CT molecular complexity index is 942. The molecule has 1 unspecified atom stereocenters. The van der Waals surface area contributed by atoms with E-state index >= 15 is 0 Å². The summed E-state index contributed by atoms with van der Waals surface area (Å²) in [6.07, 6.45) is -3.03. The SMILES string of the molecule is CC(C)CN(c1ccc(C(C)CC(=O)O)cc1Nc1n[nH]c(C(F)(F)F)n1)C1CCOCC1. The van der Waals surface area contributed by atoms with Gasteiger partial charge in [0.2, 0.25) is 11.8 Å². The second-order valence-corrected chi connectivity index (χ2v) is 8.80. The van der Waals surface area contributed by atoms with E-state index in [0.717, 1.165) is 30.6 Å². The van der Waals surface area contributed by atoms with Gasteiger partial charge in [-0.25, -0.2) is 0 Å². The molecule has 2 aromatic rings. The van der Waals surface area contributed by atoms with E-state index in [9.17, 15) is 23.1 Å². The lowest BCUT2D eigenvalue weighted by atomic mass is 9.95. The van der Waals surface area contributed by atoms with Gasteiger partial charge in [-0.3, -0.25) is 9.89 Å². The highest BCUT2D eigenvalue weighted by atomic mass is 19.4. The number of nitrogens with zero attached hydrogens (tertiary/aromatic N) is 3. The van der Waals surface area contributed by atoms with Gasteiger partial charge < -0.3 is 20.1 Å². The van der Waals surface area contributed by atoms with E-state index in [0.29, 0.717) is 24.8 Å². The maximum absolute atomic E-state index is 13.0. The minimum absolute atomic E-state index is 0.0622. The van der Waals surface area contributed by atoms with Crippen molar-refractivity contribution in [1.29, 1.82) is 0 Å². The van der Waals surface area contributed by atoms with Crippen molar-refractivity contribution in [3.63, 3.8) is 0 Å². The van der Waals surface area contributed by atoms with Gasteiger partial charge in [0.25, 0.3) is 0 Å². The first-order valence-corrected chi connectivity index (χ1v) is 11.0. The standard InChI is InChI=1S/C22H30F3N5O3/c1-13(2)12-30(16-6-8-33-9-7-16)18-5-4-15(14(3)10-19(31)32)11-17(18)26-21-27-20(28-29-21)22(23,24)25/h4-5,11,13-14,16H,6-10,12H2,1-3H3,(H,31,32)(H2,26,27,28,29). The predicted octanol–water partition coefficient (Wildman–Crippen LogP) is 4.79. The molecular weight excluding hydrogens is 439 g/mol. The molecule has 0 bridgehead atoms. The van der Waals surface area contributed by atoms with Gasteiger partial charge in [-0.1, -0.05) is 26.8 Å². The van der Waals surface area contributed by atoms with E-state index in [-0.39, 0.29) is 24.3 Å². The van der Waals surface area contributed by atoms with Crippen molar-refractivity contribution in [2.45, 2.75) is 58.2 Å². The summed E-state index contributed by atoms with van der Waals surface area (Å²) in [6.45, 7) is 8.04. The highest BCUT2D eigenvalue weighted by Gasteiger charge is 2.35. The summed E-state index contributed by atoms with van der Waals surface area (Å²) in [4.78, 5) is 17.0. The van der Waals surface area contributed by atoms with Crippen molar-refractivity contribution >= 4 is 23.3 Å². The van der Waals surface area contributed by atoms with Crippen LogP contribution in [0.1, 0.15) is 57.3 Å². The maximum Gasteiger partial charge on any atom is 0.451 e. The number of rotatable bonds is 9. The van der Waals surface area contributed by atoms with E-state index < -0.39 is 18.0 Å². The van der Waals surface area contributed by atoms with Crippen LogP contribution in [-0.4, -0.2) is 52.1 Å². The number of H-pyrrole nitrogens is 1. The number of carbonyl (C=O) groups is 1. The predicted molar refractivity (Wildman–Crippen MR) is 118 cm³/mol. The van der Waals surface area contributed by atoms with Crippen LogP contribution >= 0.6 is 0 Å². The van der Waals surface area contributed by atoms with Crippen LogP contribution in [0.4, 0.5) is 30.5 Å². The van der Waals surface area contributed by atoms with Crippen LogP contribution in [0, 0.1) is 5.92 Å². The highest BCUT2D eigenvalue weighted by Crippen LogP contribution is 2.36. The van der Waals surface area contributed by atoms with Gasteiger partial charge in [0.05, 0.1) is 17.8 Å². The molecule has 8 nitrogen and oxygen atoms in total. The Morgan fingerprint density at radius 2 is 2.00 bits per heavy atom. The lowest BCUT2D eigenvalue weighted by Gasteiger charge is -2.38. The monoisotopic (exact) mass is 469 g/mol. The number of carboxylic acid groups (broad SMARTS) is 1. The molecule has 1 fully saturated rings. The van der Waals surface area contributed by atoms with E-state index in [1.165, 1.54) is 0 Å². The zero-order valence-electron chi connectivity index (χ0n) is 18.9. The van der Waals surface area contributed by atoms with Gasteiger partial charge in [-0.15, -0.1) is 5.10 Å². The maximum atomic E-state index is 13.0. The Morgan fingerprint density at radius 1 is 1.30 bits per heavy atom. The molecule has 3 N–H and O–H groups in total. The van der Waals surface area contributed by atoms with Crippen molar-refractivity contribution in [2.75, 3.05) is 30.0 Å². The molecule has 1 aliphatic heterocycles. The van der Waals surface area contributed by atoms with Gasteiger partial charge in [0, 0.05) is 25.8 Å². The summed E-state index contributed by atoms with van der Waals surface area (Å²) in [5, 5.41) is 17.7. The quantitative estimate of drug-likeness (QED) is 0.485. The molecule has 0 spiro atoms. The summed E-state index contributed by atoms with van der Waals surface area (Å²) in [5.74, 6) is -2.26. The number of nitrogens with one attached hydrogen (secondary N) is 2. The van der Waals surface area contributed by atoms with Gasteiger partial charge >= 0.3 is 12.1 Å². The lowest BCUT2D eigenvalue weighted by molar-refractivity contribution is -0.144. The molecule has 0 aliphatic carbocycles. The van der Waals surface area contributed by atoms with Crippen LogP contribution < -0.4 is 10.2 Å². The molecule has 1 aromatic carbocycles. The number of aliphatic carboxylic acids is 1. The van der Waals surface area contributed by atoms with Crippen LogP contribution in [0.3, 0.4) is 0 Å². The molecule has 2 heterocycles. The minimum atomic E-state index is -4.64.